The predicted octanol–water partition coefficient (Wildman–Crippen LogP) is 4.07. The van der Waals surface area contributed by atoms with Gasteiger partial charge in [0.25, 0.3) is 0 Å². The molecule has 1 heterocycles. The average Bonchev–Trinajstić information content (AvgIpc) is 3.01. The molecule has 0 unspecified atom stereocenters. The summed E-state index contributed by atoms with van der Waals surface area (Å²) in [6.07, 6.45) is 0. The Hall–Kier alpha value is -2.93. The van der Waals surface area contributed by atoms with Crippen LogP contribution in [0.5, 0.6) is 5.75 Å². The Morgan fingerprint density at radius 2 is 1.86 bits per heavy atom. The lowest BCUT2D eigenvalue weighted by molar-refractivity contribution is -0.130. The molecule has 29 heavy (non-hydrogen) atoms. The summed E-state index contributed by atoms with van der Waals surface area (Å²) in [6, 6.07) is 14.0. The Morgan fingerprint density at radius 3 is 2.55 bits per heavy atom. The van der Waals surface area contributed by atoms with Crippen LogP contribution in [-0.2, 0) is 11.3 Å². The van der Waals surface area contributed by atoms with Crippen LogP contribution in [0.1, 0.15) is 16.7 Å². The highest BCUT2D eigenvalue weighted by atomic mass is 32.1. The summed E-state index contributed by atoms with van der Waals surface area (Å²) < 4.78 is 7.97. The minimum atomic E-state index is -0.0552. The minimum Gasteiger partial charge on any atom is -0.492 e. The summed E-state index contributed by atoms with van der Waals surface area (Å²) in [5.74, 6) is 1.43. The number of ether oxygens (including phenoxy) is 1. The molecule has 0 bridgehead atoms. The van der Waals surface area contributed by atoms with E-state index in [1.54, 1.807) is 16.5 Å². The first-order valence-electron chi connectivity index (χ1n) is 9.51. The molecule has 3 aromatic rings. The highest BCUT2D eigenvalue weighted by Crippen LogP contribution is 2.19. The van der Waals surface area contributed by atoms with E-state index in [1.807, 2.05) is 57.2 Å². The summed E-state index contributed by atoms with van der Waals surface area (Å²) in [7, 11) is 1.77. The standard InChI is InChI=1S/C22H26N4O2S/c1-15-6-5-7-18(11-15)21-23-24-22(29)26(21)14-20(27)25(4)8-9-28-19-12-16(2)10-17(3)13-19/h5-7,10-13H,8-9,14H2,1-4H3,(H,24,29). The molecule has 1 aromatic heterocycles. The normalized spacial score (nSPS) is 10.8. The molecule has 0 saturated carbocycles. The summed E-state index contributed by atoms with van der Waals surface area (Å²) in [4.78, 5) is 14.4. The topological polar surface area (TPSA) is 63.1 Å². The zero-order chi connectivity index (χ0) is 21.0. The quantitative estimate of drug-likeness (QED) is 0.597. The van der Waals surface area contributed by atoms with Crippen molar-refractivity contribution in [3.8, 4) is 17.1 Å². The second-order valence-corrected chi connectivity index (χ2v) is 7.68. The third kappa shape index (κ3) is 5.32. The van der Waals surface area contributed by atoms with Crippen LogP contribution in [0, 0.1) is 25.5 Å². The SMILES string of the molecule is Cc1cc(C)cc(OCCN(C)C(=O)Cn2c(-c3cccc(C)c3)n[nH]c2=S)c1. The van der Waals surface area contributed by atoms with Gasteiger partial charge in [-0.3, -0.25) is 14.5 Å². The number of benzene rings is 2. The molecular formula is C22H26N4O2S. The van der Waals surface area contributed by atoms with E-state index in [9.17, 15) is 4.79 Å². The Labute approximate surface area is 176 Å². The van der Waals surface area contributed by atoms with E-state index >= 15 is 0 Å². The number of carbonyl (C=O) groups is 1. The molecule has 0 aliphatic heterocycles. The van der Waals surface area contributed by atoms with E-state index in [1.165, 1.54) is 0 Å². The fourth-order valence-electron chi connectivity index (χ4n) is 3.17. The molecule has 1 amide bonds. The third-order valence-corrected chi connectivity index (χ3v) is 4.96. The number of aromatic nitrogens is 3. The molecule has 0 saturated heterocycles. The number of nitrogens with zero attached hydrogens (tertiary/aromatic N) is 3. The van der Waals surface area contributed by atoms with Gasteiger partial charge >= 0.3 is 0 Å². The molecule has 0 radical (unpaired) electrons. The number of rotatable bonds is 7. The molecule has 7 heteroatoms. The van der Waals surface area contributed by atoms with Crippen molar-refractivity contribution in [2.24, 2.45) is 0 Å². The monoisotopic (exact) mass is 410 g/mol. The first-order chi connectivity index (χ1) is 13.8. The van der Waals surface area contributed by atoms with Gasteiger partial charge in [-0.25, -0.2) is 0 Å². The van der Waals surface area contributed by atoms with Gasteiger partial charge in [0, 0.05) is 12.6 Å². The summed E-state index contributed by atoms with van der Waals surface area (Å²) in [5.41, 5.74) is 4.35. The highest BCUT2D eigenvalue weighted by molar-refractivity contribution is 7.71. The van der Waals surface area contributed by atoms with Crippen LogP contribution in [0.25, 0.3) is 11.4 Å². The number of amides is 1. The van der Waals surface area contributed by atoms with Gasteiger partial charge < -0.3 is 9.64 Å². The van der Waals surface area contributed by atoms with E-state index < -0.39 is 0 Å². The van der Waals surface area contributed by atoms with Crippen LogP contribution in [0.4, 0.5) is 0 Å². The number of aromatic amines is 1. The Bertz CT molecular complexity index is 1050. The van der Waals surface area contributed by atoms with Gasteiger partial charge in [0.15, 0.2) is 10.6 Å². The molecule has 0 fully saturated rings. The maximum absolute atomic E-state index is 12.7. The van der Waals surface area contributed by atoms with Crippen molar-refractivity contribution in [3.05, 3.63) is 63.9 Å². The second kappa shape index (κ2) is 9.05. The summed E-state index contributed by atoms with van der Waals surface area (Å²) >= 11 is 5.34. The average molecular weight is 411 g/mol. The van der Waals surface area contributed by atoms with Gasteiger partial charge in [-0.15, -0.1) is 0 Å². The molecule has 0 atom stereocenters. The van der Waals surface area contributed by atoms with E-state index in [4.69, 9.17) is 17.0 Å². The van der Waals surface area contributed by atoms with Crippen LogP contribution >= 0.6 is 12.2 Å². The Morgan fingerprint density at radius 1 is 1.14 bits per heavy atom. The van der Waals surface area contributed by atoms with Gasteiger partial charge in [-0.2, -0.15) is 5.10 Å². The van der Waals surface area contributed by atoms with Crippen LogP contribution in [0.15, 0.2) is 42.5 Å². The Kier molecular flexibility index (Phi) is 6.49. The van der Waals surface area contributed by atoms with Gasteiger partial charge in [-0.05, 0) is 62.3 Å². The summed E-state index contributed by atoms with van der Waals surface area (Å²) in [5, 5.41) is 7.10. The number of likely N-dealkylation sites (N-methyl/N-ethyl adjacent to an activating group) is 1. The van der Waals surface area contributed by atoms with E-state index in [2.05, 4.69) is 16.3 Å². The largest absolute Gasteiger partial charge is 0.492 e. The fourth-order valence-corrected chi connectivity index (χ4v) is 3.36. The number of hydrogen-bond donors (Lipinski definition) is 1. The lowest BCUT2D eigenvalue weighted by atomic mass is 10.1. The van der Waals surface area contributed by atoms with Crippen molar-refractivity contribution in [3.63, 3.8) is 0 Å². The molecule has 6 nitrogen and oxygen atoms in total. The number of H-pyrrole nitrogens is 1. The minimum absolute atomic E-state index is 0.0552. The van der Waals surface area contributed by atoms with Gasteiger partial charge in [-0.1, -0.05) is 29.8 Å². The maximum Gasteiger partial charge on any atom is 0.242 e. The lowest BCUT2D eigenvalue weighted by Gasteiger charge is -2.18. The molecule has 2 aromatic carbocycles. The number of hydrogen-bond acceptors (Lipinski definition) is 4. The van der Waals surface area contributed by atoms with Crippen LogP contribution in [0.2, 0.25) is 0 Å². The van der Waals surface area contributed by atoms with Gasteiger partial charge in [0.05, 0.1) is 6.54 Å². The van der Waals surface area contributed by atoms with Crippen molar-refractivity contribution in [2.75, 3.05) is 20.2 Å². The first kappa shape index (κ1) is 20.8. The summed E-state index contributed by atoms with van der Waals surface area (Å²) in [6.45, 7) is 7.12. The smallest absolute Gasteiger partial charge is 0.242 e. The van der Waals surface area contributed by atoms with Crippen LogP contribution in [-0.4, -0.2) is 45.8 Å². The lowest BCUT2D eigenvalue weighted by Crippen LogP contribution is -2.33. The maximum atomic E-state index is 12.7. The van der Waals surface area contributed by atoms with E-state index in [0.717, 1.165) is 28.0 Å². The number of nitrogens with one attached hydrogen (secondary N) is 1. The molecule has 1 N–H and O–H groups in total. The number of carbonyl (C=O) groups excluding carboxylic acids is 1. The molecular weight excluding hydrogens is 384 g/mol. The Balaban J connectivity index is 1.63. The van der Waals surface area contributed by atoms with E-state index in [0.29, 0.717) is 23.7 Å². The van der Waals surface area contributed by atoms with Crippen molar-refractivity contribution in [1.29, 1.82) is 0 Å². The zero-order valence-corrected chi connectivity index (χ0v) is 18.0. The van der Waals surface area contributed by atoms with Crippen molar-refractivity contribution < 1.29 is 9.53 Å². The van der Waals surface area contributed by atoms with Crippen LogP contribution in [0.3, 0.4) is 0 Å². The predicted molar refractivity (Wildman–Crippen MR) is 117 cm³/mol. The third-order valence-electron chi connectivity index (χ3n) is 4.64. The van der Waals surface area contributed by atoms with Crippen molar-refractivity contribution in [1.82, 2.24) is 19.7 Å². The van der Waals surface area contributed by atoms with Gasteiger partial charge in [0.2, 0.25) is 5.91 Å². The van der Waals surface area contributed by atoms with Crippen molar-refractivity contribution in [2.45, 2.75) is 27.3 Å². The first-order valence-corrected chi connectivity index (χ1v) is 9.91. The van der Waals surface area contributed by atoms with Gasteiger partial charge in [0.1, 0.15) is 18.9 Å². The molecule has 0 spiro atoms. The highest BCUT2D eigenvalue weighted by Gasteiger charge is 2.15. The molecule has 0 aliphatic carbocycles. The van der Waals surface area contributed by atoms with Crippen molar-refractivity contribution >= 4 is 18.1 Å². The van der Waals surface area contributed by atoms with Crippen LogP contribution < -0.4 is 4.74 Å². The zero-order valence-electron chi connectivity index (χ0n) is 17.2. The molecule has 152 valence electrons. The number of aryl methyl sites for hydroxylation is 3. The fraction of sp³-hybridized carbons (Fsp3) is 0.318. The van der Waals surface area contributed by atoms with E-state index in [-0.39, 0.29) is 12.5 Å². The molecule has 3 rings (SSSR count). The second-order valence-electron chi connectivity index (χ2n) is 7.30. The molecule has 0 aliphatic rings.